The Kier molecular flexibility index (Phi) is 4.73. The van der Waals surface area contributed by atoms with Gasteiger partial charge in [-0.1, -0.05) is 12.1 Å². The van der Waals surface area contributed by atoms with Gasteiger partial charge in [0.25, 0.3) is 0 Å². The number of nitrogens with zero attached hydrogens (tertiary/aromatic N) is 4. The van der Waals surface area contributed by atoms with Crippen molar-refractivity contribution in [2.75, 3.05) is 5.75 Å². The fourth-order valence-electron chi connectivity index (χ4n) is 2.27. The SMILES string of the molecule is OC(CCSc1nc2ccccc2n2c(C(F)(F)F)nnc12)C(F)(F)F. The minimum absolute atomic E-state index is 0.000995. The van der Waals surface area contributed by atoms with E-state index in [4.69, 9.17) is 5.11 Å². The molecule has 0 aliphatic carbocycles. The van der Waals surface area contributed by atoms with Gasteiger partial charge >= 0.3 is 12.4 Å². The van der Waals surface area contributed by atoms with E-state index in [2.05, 4.69) is 15.2 Å². The van der Waals surface area contributed by atoms with E-state index in [1.54, 1.807) is 6.07 Å². The van der Waals surface area contributed by atoms with E-state index in [0.717, 1.165) is 16.2 Å². The minimum Gasteiger partial charge on any atom is -0.384 e. The molecule has 0 fully saturated rings. The predicted octanol–water partition coefficient (Wildman–Crippen LogP) is 3.70. The second-order valence-corrected chi connectivity index (χ2v) is 6.36. The first kappa shape index (κ1) is 18.7. The largest absolute Gasteiger partial charge is 0.452 e. The standard InChI is InChI=1S/C14H10F6N4OS/c15-13(16,17)9(25)5-6-26-11-10-22-23-12(14(18,19)20)24(10)8-4-2-1-3-7(8)21-11/h1-4,9,25H,5-6H2. The lowest BCUT2D eigenvalue weighted by atomic mass is 10.3. The van der Waals surface area contributed by atoms with E-state index in [1.807, 2.05) is 0 Å². The van der Waals surface area contributed by atoms with E-state index in [1.165, 1.54) is 18.2 Å². The zero-order valence-corrected chi connectivity index (χ0v) is 13.5. The molecule has 0 bridgehead atoms. The quantitative estimate of drug-likeness (QED) is 0.538. The number of alkyl halides is 6. The molecule has 1 atom stereocenters. The van der Waals surface area contributed by atoms with Crippen LogP contribution in [0.2, 0.25) is 0 Å². The van der Waals surface area contributed by atoms with Gasteiger partial charge < -0.3 is 5.11 Å². The lowest BCUT2D eigenvalue weighted by Gasteiger charge is -2.14. The zero-order valence-electron chi connectivity index (χ0n) is 12.7. The topological polar surface area (TPSA) is 63.3 Å². The van der Waals surface area contributed by atoms with Crippen molar-refractivity contribution in [3.63, 3.8) is 0 Å². The highest BCUT2D eigenvalue weighted by atomic mass is 32.2. The zero-order chi connectivity index (χ0) is 19.1. The molecule has 3 rings (SSSR count). The van der Waals surface area contributed by atoms with Crippen LogP contribution < -0.4 is 0 Å². The van der Waals surface area contributed by atoms with Crippen molar-refractivity contribution in [2.24, 2.45) is 0 Å². The Balaban J connectivity index is 2.01. The van der Waals surface area contributed by atoms with Crippen molar-refractivity contribution >= 4 is 28.4 Å². The smallest absolute Gasteiger partial charge is 0.384 e. The van der Waals surface area contributed by atoms with Crippen molar-refractivity contribution in [1.82, 2.24) is 19.6 Å². The highest BCUT2D eigenvalue weighted by Crippen LogP contribution is 2.33. The Bertz CT molecular complexity index is 939. The number of para-hydroxylation sites is 2. The van der Waals surface area contributed by atoms with Gasteiger partial charge in [0.15, 0.2) is 11.8 Å². The highest BCUT2D eigenvalue weighted by molar-refractivity contribution is 7.99. The molecule has 0 amide bonds. The van der Waals surface area contributed by atoms with Crippen LogP contribution in [0.1, 0.15) is 12.2 Å². The number of aliphatic hydroxyl groups is 1. The van der Waals surface area contributed by atoms with E-state index in [-0.39, 0.29) is 27.5 Å². The molecular weight excluding hydrogens is 386 g/mol. The number of aliphatic hydroxyl groups excluding tert-OH is 1. The van der Waals surface area contributed by atoms with Crippen molar-refractivity contribution < 1.29 is 31.4 Å². The predicted molar refractivity (Wildman–Crippen MR) is 80.7 cm³/mol. The number of benzene rings is 1. The van der Waals surface area contributed by atoms with Crippen LogP contribution in [0.5, 0.6) is 0 Å². The molecule has 1 N–H and O–H groups in total. The molecule has 0 radical (unpaired) electrons. The number of hydrogen-bond donors (Lipinski definition) is 1. The molecule has 1 unspecified atom stereocenters. The van der Waals surface area contributed by atoms with Gasteiger partial charge in [-0.05, 0) is 18.6 Å². The van der Waals surface area contributed by atoms with Gasteiger partial charge in [-0.25, -0.2) is 4.98 Å². The highest BCUT2D eigenvalue weighted by Gasteiger charge is 2.39. The summed E-state index contributed by atoms with van der Waals surface area (Å²) in [5, 5.41) is 15.7. The average Bonchev–Trinajstić information content (AvgIpc) is 2.99. The van der Waals surface area contributed by atoms with Crippen LogP contribution in [0.15, 0.2) is 29.3 Å². The lowest BCUT2D eigenvalue weighted by Crippen LogP contribution is -2.28. The average molecular weight is 396 g/mol. The molecule has 0 aliphatic rings. The van der Waals surface area contributed by atoms with Gasteiger partial charge in [-0.2, -0.15) is 26.3 Å². The molecule has 26 heavy (non-hydrogen) atoms. The molecule has 1 aromatic carbocycles. The fourth-order valence-corrected chi connectivity index (χ4v) is 3.23. The molecule has 140 valence electrons. The Morgan fingerprint density at radius 2 is 1.77 bits per heavy atom. The summed E-state index contributed by atoms with van der Waals surface area (Å²) in [6.07, 6.45) is -12.7. The number of thioether (sulfide) groups is 1. The lowest BCUT2D eigenvalue weighted by molar-refractivity contribution is -0.203. The van der Waals surface area contributed by atoms with Gasteiger partial charge in [0.2, 0.25) is 5.82 Å². The molecule has 12 heteroatoms. The maximum absolute atomic E-state index is 13.2. The Morgan fingerprint density at radius 3 is 2.42 bits per heavy atom. The van der Waals surface area contributed by atoms with Gasteiger partial charge in [-0.15, -0.1) is 22.0 Å². The van der Waals surface area contributed by atoms with Gasteiger partial charge in [0.05, 0.1) is 11.0 Å². The summed E-state index contributed by atoms with van der Waals surface area (Å²) in [5.74, 6) is -1.46. The Hall–Kier alpha value is -2.08. The van der Waals surface area contributed by atoms with Crippen LogP contribution in [-0.2, 0) is 6.18 Å². The number of aromatic nitrogens is 4. The molecule has 2 heterocycles. The van der Waals surface area contributed by atoms with Crippen LogP contribution in [-0.4, -0.2) is 42.7 Å². The minimum atomic E-state index is -4.77. The van der Waals surface area contributed by atoms with E-state index < -0.39 is 30.7 Å². The summed E-state index contributed by atoms with van der Waals surface area (Å²) in [7, 11) is 0. The number of halogens is 6. The van der Waals surface area contributed by atoms with Crippen LogP contribution in [0.3, 0.4) is 0 Å². The van der Waals surface area contributed by atoms with Gasteiger partial charge in [0, 0.05) is 5.75 Å². The molecule has 0 aliphatic heterocycles. The maximum Gasteiger partial charge on any atom is 0.452 e. The second-order valence-electron chi connectivity index (χ2n) is 5.28. The first-order valence-electron chi connectivity index (χ1n) is 7.17. The summed E-state index contributed by atoms with van der Waals surface area (Å²) in [6.45, 7) is 0. The van der Waals surface area contributed by atoms with E-state index in [9.17, 15) is 26.3 Å². The van der Waals surface area contributed by atoms with Crippen molar-refractivity contribution in [3.8, 4) is 0 Å². The van der Waals surface area contributed by atoms with E-state index >= 15 is 0 Å². The normalized spacial score (nSPS) is 14.3. The van der Waals surface area contributed by atoms with Crippen LogP contribution in [0.4, 0.5) is 26.3 Å². The monoisotopic (exact) mass is 396 g/mol. The van der Waals surface area contributed by atoms with Crippen molar-refractivity contribution in [2.45, 2.75) is 29.9 Å². The second kappa shape index (κ2) is 6.58. The molecule has 5 nitrogen and oxygen atoms in total. The molecule has 0 saturated heterocycles. The third-order valence-electron chi connectivity index (χ3n) is 3.46. The summed E-state index contributed by atoms with van der Waals surface area (Å²) < 4.78 is 77.4. The van der Waals surface area contributed by atoms with Gasteiger partial charge in [-0.3, -0.25) is 4.40 Å². The van der Waals surface area contributed by atoms with Crippen LogP contribution >= 0.6 is 11.8 Å². The first-order valence-corrected chi connectivity index (χ1v) is 8.16. The maximum atomic E-state index is 13.2. The fraction of sp³-hybridized carbons (Fsp3) is 0.357. The van der Waals surface area contributed by atoms with Crippen LogP contribution in [0, 0.1) is 0 Å². The summed E-state index contributed by atoms with van der Waals surface area (Å²) in [5.41, 5.74) is 0.131. The summed E-state index contributed by atoms with van der Waals surface area (Å²) in [4.78, 5) is 4.17. The third kappa shape index (κ3) is 3.56. The molecular formula is C14H10F6N4OS. The number of rotatable bonds is 4. The number of hydrogen-bond acceptors (Lipinski definition) is 5. The first-order chi connectivity index (χ1) is 12.1. The van der Waals surface area contributed by atoms with E-state index in [0.29, 0.717) is 0 Å². The van der Waals surface area contributed by atoms with Crippen LogP contribution in [0.25, 0.3) is 16.7 Å². The molecule has 3 aromatic rings. The van der Waals surface area contributed by atoms with Crippen molar-refractivity contribution in [1.29, 1.82) is 0 Å². The Labute approximate surface area is 146 Å². The summed E-state index contributed by atoms with van der Waals surface area (Å²) in [6, 6.07) is 5.98. The molecule has 2 aromatic heterocycles. The van der Waals surface area contributed by atoms with Crippen molar-refractivity contribution in [3.05, 3.63) is 30.1 Å². The summed E-state index contributed by atoms with van der Waals surface area (Å²) >= 11 is 0.771. The third-order valence-corrected chi connectivity index (χ3v) is 4.45. The molecule has 0 spiro atoms. The number of fused-ring (bicyclic) bond motifs is 3. The van der Waals surface area contributed by atoms with Gasteiger partial charge in [0.1, 0.15) is 5.03 Å². The molecule has 0 saturated carbocycles. The Morgan fingerprint density at radius 1 is 1.08 bits per heavy atom.